The Morgan fingerprint density at radius 1 is 0.871 bits per heavy atom. The maximum atomic E-state index is 12.9. The topological polar surface area (TPSA) is 84.5 Å². The molecule has 2 amide bonds. The van der Waals surface area contributed by atoms with Crippen molar-refractivity contribution < 1.29 is 19.1 Å². The summed E-state index contributed by atoms with van der Waals surface area (Å²) >= 11 is 6.11. The van der Waals surface area contributed by atoms with Crippen LogP contribution in [0.1, 0.15) is 26.3 Å². The van der Waals surface area contributed by atoms with Crippen molar-refractivity contribution in [3.05, 3.63) is 106 Å². The van der Waals surface area contributed by atoms with E-state index in [1.807, 2.05) is 18.2 Å². The van der Waals surface area contributed by atoms with Gasteiger partial charge in [-0.25, -0.2) is 4.79 Å². The summed E-state index contributed by atoms with van der Waals surface area (Å²) in [6, 6.07) is 21.9. The van der Waals surface area contributed by atoms with Crippen molar-refractivity contribution in [1.29, 1.82) is 0 Å². The van der Waals surface area contributed by atoms with Crippen molar-refractivity contribution in [1.82, 2.24) is 5.32 Å². The van der Waals surface area contributed by atoms with Gasteiger partial charge in [0, 0.05) is 5.69 Å². The van der Waals surface area contributed by atoms with E-state index in [2.05, 4.69) is 15.4 Å². The van der Waals surface area contributed by atoms with E-state index in [9.17, 15) is 14.4 Å². The highest BCUT2D eigenvalue weighted by atomic mass is 35.5. The first-order valence-electron chi connectivity index (χ1n) is 9.30. The monoisotopic (exact) mass is 434 g/mol. The molecule has 0 saturated carbocycles. The van der Waals surface area contributed by atoms with E-state index >= 15 is 0 Å². The van der Waals surface area contributed by atoms with Gasteiger partial charge >= 0.3 is 5.97 Å². The third-order valence-corrected chi connectivity index (χ3v) is 4.62. The van der Waals surface area contributed by atoms with Crippen LogP contribution < -0.4 is 10.6 Å². The highest BCUT2D eigenvalue weighted by Gasteiger charge is 2.17. The van der Waals surface area contributed by atoms with Crippen LogP contribution in [-0.2, 0) is 9.53 Å². The molecule has 3 aromatic rings. The highest BCUT2D eigenvalue weighted by Crippen LogP contribution is 2.17. The molecule has 2 N–H and O–H groups in total. The number of hydrogen-bond acceptors (Lipinski definition) is 4. The van der Waals surface area contributed by atoms with Gasteiger partial charge in [0.1, 0.15) is 5.70 Å². The fraction of sp³-hybridized carbons (Fsp3) is 0.0417. The van der Waals surface area contributed by atoms with Crippen molar-refractivity contribution in [2.24, 2.45) is 0 Å². The summed E-state index contributed by atoms with van der Waals surface area (Å²) in [5.74, 6) is -1.52. The first-order chi connectivity index (χ1) is 15.0. The maximum absolute atomic E-state index is 12.9. The molecular formula is C24H19ClN2O4. The third-order valence-electron chi connectivity index (χ3n) is 4.29. The molecule has 0 heterocycles. The molecule has 0 aliphatic carbocycles. The summed E-state index contributed by atoms with van der Waals surface area (Å²) in [7, 11) is 1.29. The molecule has 0 spiro atoms. The van der Waals surface area contributed by atoms with E-state index in [1.165, 1.54) is 19.2 Å². The lowest BCUT2D eigenvalue weighted by molar-refractivity contribution is -0.113. The predicted octanol–water partition coefficient (Wildman–Crippen LogP) is 4.54. The Bertz CT molecular complexity index is 1130. The minimum absolute atomic E-state index is 0.0353. The second-order valence-corrected chi connectivity index (χ2v) is 6.83. The second-order valence-electron chi connectivity index (χ2n) is 6.43. The number of esters is 1. The summed E-state index contributed by atoms with van der Waals surface area (Å²) in [6.45, 7) is 0. The number of hydrogen-bond donors (Lipinski definition) is 2. The van der Waals surface area contributed by atoms with Gasteiger partial charge in [-0.3, -0.25) is 9.59 Å². The van der Waals surface area contributed by atoms with Crippen molar-refractivity contribution in [3.8, 4) is 0 Å². The minimum Gasteiger partial charge on any atom is -0.465 e. The lowest BCUT2D eigenvalue weighted by atomic mass is 10.1. The number of ether oxygens (including phenoxy) is 1. The van der Waals surface area contributed by atoms with Crippen molar-refractivity contribution >= 4 is 41.1 Å². The number of amides is 2. The van der Waals surface area contributed by atoms with Crippen LogP contribution in [0.3, 0.4) is 0 Å². The quantitative estimate of drug-likeness (QED) is 0.440. The zero-order valence-electron chi connectivity index (χ0n) is 16.6. The Hall–Kier alpha value is -3.90. The number of nitrogens with one attached hydrogen (secondary N) is 2. The van der Waals surface area contributed by atoms with Gasteiger partial charge in [-0.2, -0.15) is 0 Å². The molecule has 0 unspecified atom stereocenters. The van der Waals surface area contributed by atoms with Crippen LogP contribution in [-0.4, -0.2) is 24.9 Å². The Labute approximate surface area is 184 Å². The number of anilines is 1. The fourth-order valence-corrected chi connectivity index (χ4v) is 2.94. The number of methoxy groups -OCH3 is 1. The standard InChI is InChI=1S/C24H19ClN2O4/c1-31-24(30)17-11-13-18(14-12-17)26-23(29)21(15-16-7-3-2-4-8-16)27-22(28)19-9-5-6-10-20(19)25/h2-15H,1H3,(H,26,29)(H,27,28). The third kappa shape index (κ3) is 5.81. The molecule has 31 heavy (non-hydrogen) atoms. The number of halogens is 1. The molecule has 0 bridgehead atoms. The molecule has 0 radical (unpaired) electrons. The SMILES string of the molecule is COC(=O)c1ccc(NC(=O)C(=Cc2ccccc2)NC(=O)c2ccccc2Cl)cc1. The molecule has 156 valence electrons. The van der Waals surface area contributed by atoms with Crippen LogP contribution in [0.5, 0.6) is 0 Å². The fourth-order valence-electron chi connectivity index (χ4n) is 2.72. The highest BCUT2D eigenvalue weighted by molar-refractivity contribution is 6.34. The molecule has 0 aliphatic rings. The van der Waals surface area contributed by atoms with Crippen LogP contribution in [0.15, 0.2) is 84.6 Å². The van der Waals surface area contributed by atoms with Gasteiger partial charge in [0.25, 0.3) is 11.8 Å². The van der Waals surface area contributed by atoms with Crippen LogP contribution >= 0.6 is 11.6 Å². The maximum Gasteiger partial charge on any atom is 0.337 e. The van der Waals surface area contributed by atoms with Crippen molar-refractivity contribution in [2.75, 3.05) is 12.4 Å². The predicted molar refractivity (Wildman–Crippen MR) is 120 cm³/mol. The smallest absolute Gasteiger partial charge is 0.337 e. The molecular weight excluding hydrogens is 416 g/mol. The molecule has 0 atom stereocenters. The Kier molecular flexibility index (Phi) is 7.19. The number of carbonyl (C=O) groups is 3. The normalized spacial score (nSPS) is 10.8. The van der Waals surface area contributed by atoms with E-state index in [4.69, 9.17) is 11.6 Å². The van der Waals surface area contributed by atoms with Crippen LogP contribution in [0.2, 0.25) is 5.02 Å². The molecule has 0 aromatic heterocycles. The van der Waals surface area contributed by atoms with Gasteiger partial charge in [-0.15, -0.1) is 0 Å². The van der Waals surface area contributed by atoms with Gasteiger partial charge < -0.3 is 15.4 Å². The number of rotatable bonds is 6. The molecule has 0 aliphatic heterocycles. The van der Waals surface area contributed by atoms with Crippen molar-refractivity contribution in [3.63, 3.8) is 0 Å². The summed E-state index contributed by atoms with van der Waals surface area (Å²) in [6.07, 6.45) is 1.56. The van der Waals surface area contributed by atoms with Gasteiger partial charge in [0.05, 0.1) is 23.3 Å². The molecule has 7 heteroatoms. The molecule has 6 nitrogen and oxygen atoms in total. The van der Waals surface area contributed by atoms with Gasteiger partial charge in [0.15, 0.2) is 0 Å². The second kappa shape index (κ2) is 10.2. The molecule has 3 rings (SSSR count). The minimum atomic E-state index is -0.532. The summed E-state index contributed by atoms with van der Waals surface area (Å²) < 4.78 is 4.66. The summed E-state index contributed by atoms with van der Waals surface area (Å²) in [5.41, 5.74) is 1.82. The van der Waals surface area contributed by atoms with Crippen LogP contribution in [0.4, 0.5) is 5.69 Å². The zero-order chi connectivity index (χ0) is 22.2. The van der Waals surface area contributed by atoms with E-state index in [1.54, 1.807) is 54.6 Å². The van der Waals surface area contributed by atoms with Gasteiger partial charge in [-0.05, 0) is 48.0 Å². The Balaban J connectivity index is 1.85. The average molecular weight is 435 g/mol. The first kappa shape index (κ1) is 21.8. The van der Waals surface area contributed by atoms with E-state index in [0.717, 1.165) is 5.56 Å². The largest absolute Gasteiger partial charge is 0.465 e. The van der Waals surface area contributed by atoms with Crippen molar-refractivity contribution in [2.45, 2.75) is 0 Å². The summed E-state index contributed by atoms with van der Waals surface area (Å²) in [5, 5.41) is 5.62. The lowest BCUT2D eigenvalue weighted by Gasteiger charge is -2.12. The van der Waals surface area contributed by atoms with Crippen LogP contribution in [0, 0.1) is 0 Å². The molecule has 3 aromatic carbocycles. The van der Waals surface area contributed by atoms with E-state index in [0.29, 0.717) is 11.3 Å². The van der Waals surface area contributed by atoms with E-state index in [-0.39, 0.29) is 16.3 Å². The van der Waals surface area contributed by atoms with Gasteiger partial charge in [0.2, 0.25) is 0 Å². The van der Waals surface area contributed by atoms with Crippen LogP contribution in [0.25, 0.3) is 6.08 Å². The van der Waals surface area contributed by atoms with Gasteiger partial charge in [-0.1, -0.05) is 54.1 Å². The van der Waals surface area contributed by atoms with E-state index < -0.39 is 17.8 Å². The number of carbonyl (C=O) groups excluding carboxylic acids is 3. The molecule has 0 saturated heterocycles. The molecule has 0 fully saturated rings. The number of benzene rings is 3. The summed E-state index contributed by atoms with van der Waals surface area (Å²) in [4.78, 5) is 37.2. The zero-order valence-corrected chi connectivity index (χ0v) is 17.3. The average Bonchev–Trinajstić information content (AvgIpc) is 2.79. The Morgan fingerprint density at radius 2 is 1.52 bits per heavy atom. The lowest BCUT2D eigenvalue weighted by Crippen LogP contribution is -2.31. The first-order valence-corrected chi connectivity index (χ1v) is 9.68. The Morgan fingerprint density at radius 3 is 2.16 bits per heavy atom.